The maximum Gasteiger partial charge on any atom is 0.317 e. The van der Waals surface area contributed by atoms with E-state index in [4.69, 9.17) is 5.11 Å². The first-order valence-corrected chi connectivity index (χ1v) is 11.6. The molecule has 1 heterocycles. The van der Waals surface area contributed by atoms with Crippen LogP contribution in [0, 0.1) is 0 Å². The number of aliphatic carboxylic acids is 3. The molecular weight excluding hydrogens is 416 g/mol. The summed E-state index contributed by atoms with van der Waals surface area (Å²) in [4.78, 5) is 40.9. The Labute approximate surface area is 179 Å². The highest BCUT2D eigenvalue weighted by molar-refractivity contribution is 7.84. The fraction of sp³-hybridized carbons (Fsp3) is 0.833. The molecule has 1 rings (SSSR count). The number of rotatable bonds is 10. The standard InChI is InChI=1S/C18H34N4O7S/c1-2-30(29)12-11-19-3-5-20(13-16(23)24)7-9-22(15-18(27)28)10-8-21(6-4-19)14-17(25)26/h2-15H2,1H3,(H,23,24)(H,25,26)(H,27,28). The van der Waals surface area contributed by atoms with Gasteiger partial charge in [0.25, 0.3) is 0 Å². The second kappa shape index (κ2) is 14.4. The first-order chi connectivity index (χ1) is 14.2. The SMILES string of the molecule is CCS(=O)CCN1CCN(CC(=O)O)CCN(CC(=O)O)CCN(CC(=O)O)CC1. The van der Waals surface area contributed by atoms with Gasteiger partial charge < -0.3 is 15.3 Å². The molecular formula is C18H34N4O7S. The van der Waals surface area contributed by atoms with Crippen molar-refractivity contribution in [3.8, 4) is 0 Å². The summed E-state index contributed by atoms with van der Waals surface area (Å²) >= 11 is 0. The lowest BCUT2D eigenvalue weighted by Gasteiger charge is -2.33. The second-order valence-corrected chi connectivity index (χ2v) is 9.15. The van der Waals surface area contributed by atoms with Crippen molar-refractivity contribution >= 4 is 28.7 Å². The van der Waals surface area contributed by atoms with Crippen LogP contribution in [0.2, 0.25) is 0 Å². The van der Waals surface area contributed by atoms with Crippen LogP contribution in [-0.2, 0) is 25.2 Å². The van der Waals surface area contributed by atoms with Crippen LogP contribution in [0.15, 0.2) is 0 Å². The minimum Gasteiger partial charge on any atom is -0.480 e. The lowest BCUT2D eigenvalue weighted by Crippen LogP contribution is -2.48. The average molecular weight is 451 g/mol. The van der Waals surface area contributed by atoms with Crippen molar-refractivity contribution in [3.63, 3.8) is 0 Å². The first kappa shape index (κ1) is 26.4. The Morgan fingerprint density at radius 1 is 0.667 bits per heavy atom. The topological polar surface area (TPSA) is 142 Å². The van der Waals surface area contributed by atoms with Crippen molar-refractivity contribution in [1.82, 2.24) is 19.6 Å². The van der Waals surface area contributed by atoms with Gasteiger partial charge in [0, 0.05) is 81.2 Å². The first-order valence-electron chi connectivity index (χ1n) is 10.1. The van der Waals surface area contributed by atoms with E-state index < -0.39 is 28.7 Å². The summed E-state index contributed by atoms with van der Waals surface area (Å²) in [5, 5.41) is 27.5. The summed E-state index contributed by atoms with van der Waals surface area (Å²) in [5.74, 6) is -1.78. The zero-order valence-corrected chi connectivity index (χ0v) is 18.4. The van der Waals surface area contributed by atoms with Crippen molar-refractivity contribution in [3.05, 3.63) is 0 Å². The van der Waals surface area contributed by atoms with Crippen molar-refractivity contribution in [1.29, 1.82) is 0 Å². The van der Waals surface area contributed by atoms with Gasteiger partial charge in [-0.2, -0.15) is 0 Å². The van der Waals surface area contributed by atoms with Crippen LogP contribution in [0.1, 0.15) is 6.92 Å². The zero-order chi connectivity index (χ0) is 22.5. The van der Waals surface area contributed by atoms with Gasteiger partial charge in [0.1, 0.15) is 0 Å². The molecule has 0 aromatic carbocycles. The third kappa shape index (κ3) is 12.2. The molecule has 0 bridgehead atoms. The van der Waals surface area contributed by atoms with Gasteiger partial charge in [-0.15, -0.1) is 0 Å². The van der Waals surface area contributed by atoms with Crippen LogP contribution in [0.3, 0.4) is 0 Å². The molecule has 0 aromatic heterocycles. The predicted octanol–water partition coefficient (Wildman–Crippen LogP) is -1.77. The summed E-state index contributed by atoms with van der Waals surface area (Å²) in [6, 6.07) is 0. The molecule has 1 saturated heterocycles. The Hall–Kier alpha value is -1.60. The fourth-order valence-corrected chi connectivity index (χ4v) is 3.98. The minimum atomic E-state index is -0.980. The zero-order valence-electron chi connectivity index (χ0n) is 17.6. The molecule has 0 spiro atoms. The number of carboxylic acid groups (broad SMARTS) is 3. The lowest BCUT2D eigenvalue weighted by atomic mass is 10.3. The van der Waals surface area contributed by atoms with Crippen molar-refractivity contribution in [2.24, 2.45) is 0 Å². The number of hydrogen-bond donors (Lipinski definition) is 3. The Morgan fingerprint density at radius 2 is 0.967 bits per heavy atom. The van der Waals surface area contributed by atoms with Crippen LogP contribution in [0.4, 0.5) is 0 Å². The molecule has 1 aliphatic rings. The van der Waals surface area contributed by atoms with Crippen molar-refractivity contribution in [2.75, 3.05) is 90.0 Å². The highest BCUT2D eigenvalue weighted by Gasteiger charge is 2.20. The number of nitrogens with zero attached hydrogens (tertiary/aromatic N) is 4. The van der Waals surface area contributed by atoms with E-state index in [1.807, 2.05) is 6.92 Å². The third-order valence-corrected chi connectivity index (χ3v) is 6.25. The molecule has 0 saturated carbocycles. The predicted molar refractivity (Wildman–Crippen MR) is 112 cm³/mol. The molecule has 1 aliphatic heterocycles. The van der Waals surface area contributed by atoms with Crippen LogP contribution in [0.5, 0.6) is 0 Å². The molecule has 1 unspecified atom stereocenters. The van der Waals surface area contributed by atoms with E-state index in [0.29, 0.717) is 70.4 Å². The largest absolute Gasteiger partial charge is 0.480 e. The molecule has 1 atom stereocenters. The Kier molecular flexibility index (Phi) is 12.7. The Bertz CT molecular complexity index is 561. The van der Waals surface area contributed by atoms with Crippen LogP contribution < -0.4 is 0 Å². The minimum absolute atomic E-state index is 0.138. The summed E-state index contributed by atoms with van der Waals surface area (Å²) < 4.78 is 11.8. The number of carbonyl (C=O) groups is 3. The third-order valence-electron chi connectivity index (χ3n) is 4.96. The van der Waals surface area contributed by atoms with Gasteiger partial charge in [-0.05, 0) is 0 Å². The van der Waals surface area contributed by atoms with Gasteiger partial charge in [-0.25, -0.2) is 0 Å². The second-order valence-electron chi connectivity index (χ2n) is 7.28. The highest BCUT2D eigenvalue weighted by Crippen LogP contribution is 2.02. The van der Waals surface area contributed by atoms with Crippen LogP contribution >= 0.6 is 0 Å². The molecule has 0 aliphatic carbocycles. The summed E-state index contributed by atoms with van der Waals surface area (Å²) in [5.41, 5.74) is 0. The summed E-state index contributed by atoms with van der Waals surface area (Å²) in [6.45, 7) is 5.61. The summed E-state index contributed by atoms with van der Waals surface area (Å²) in [7, 11) is -0.918. The molecule has 1 fully saturated rings. The maximum atomic E-state index is 11.8. The number of hydrogen-bond acceptors (Lipinski definition) is 8. The van der Waals surface area contributed by atoms with E-state index in [9.17, 15) is 28.8 Å². The maximum absolute atomic E-state index is 11.8. The van der Waals surface area contributed by atoms with E-state index in [1.54, 1.807) is 14.7 Å². The lowest BCUT2D eigenvalue weighted by molar-refractivity contribution is -0.140. The fourth-order valence-electron chi connectivity index (χ4n) is 3.23. The summed E-state index contributed by atoms with van der Waals surface area (Å²) in [6.07, 6.45) is 0. The highest BCUT2D eigenvalue weighted by atomic mass is 32.2. The molecule has 3 N–H and O–H groups in total. The molecule has 12 heteroatoms. The van der Waals surface area contributed by atoms with E-state index in [1.165, 1.54) is 0 Å². The van der Waals surface area contributed by atoms with Gasteiger partial charge in [-0.1, -0.05) is 6.92 Å². The van der Waals surface area contributed by atoms with Crippen molar-refractivity contribution in [2.45, 2.75) is 6.92 Å². The van der Waals surface area contributed by atoms with Gasteiger partial charge in [0.05, 0.1) is 19.6 Å². The molecule has 11 nitrogen and oxygen atoms in total. The quantitative estimate of drug-likeness (QED) is 0.348. The average Bonchev–Trinajstić information content (AvgIpc) is 2.65. The van der Waals surface area contributed by atoms with Gasteiger partial charge in [0.15, 0.2) is 0 Å². The molecule has 0 aromatic rings. The Balaban J connectivity index is 2.89. The molecule has 0 amide bonds. The van der Waals surface area contributed by atoms with E-state index in [0.717, 1.165) is 0 Å². The van der Waals surface area contributed by atoms with Crippen LogP contribution in [0.25, 0.3) is 0 Å². The molecule has 174 valence electrons. The molecule has 0 radical (unpaired) electrons. The van der Waals surface area contributed by atoms with Gasteiger partial charge >= 0.3 is 17.9 Å². The van der Waals surface area contributed by atoms with Crippen LogP contribution in [-0.4, -0.2) is 147 Å². The van der Waals surface area contributed by atoms with Gasteiger partial charge in [-0.3, -0.25) is 38.2 Å². The van der Waals surface area contributed by atoms with Crippen molar-refractivity contribution < 1.29 is 33.9 Å². The van der Waals surface area contributed by atoms with Gasteiger partial charge in [0.2, 0.25) is 0 Å². The van der Waals surface area contributed by atoms with E-state index in [2.05, 4.69) is 4.90 Å². The Morgan fingerprint density at radius 3 is 1.23 bits per heavy atom. The number of carboxylic acids is 3. The monoisotopic (exact) mass is 450 g/mol. The molecule has 30 heavy (non-hydrogen) atoms. The normalized spacial score (nSPS) is 20.2. The van der Waals surface area contributed by atoms with E-state index >= 15 is 0 Å². The van der Waals surface area contributed by atoms with E-state index in [-0.39, 0.29) is 19.6 Å². The smallest absolute Gasteiger partial charge is 0.317 e.